The fourth-order valence-corrected chi connectivity index (χ4v) is 2.87. The molecular weight excluding hydrogens is 408 g/mol. The Kier molecular flexibility index (Phi) is 6.67. The third-order valence-electron chi connectivity index (χ3n) is 4.13. The number of benzene rings is 3. The van der Waals surface area contributed by atoms with Crippen molar-refractivity contribution in [3.63, 3.8) is 0 Å². The van der Waals surface area contributed by atoms with E-state index in [-0.39, 0.29) is 5.95 Å². The summed E-state index contributed by atoms with van der Waals surface area (Å²) >= 11 is 5.40. The van der Waals surface area contributed by atoms with Gasteiger partial charge in [-0.2, -0.15) is 9.97 Å². The molecule has 0 aliphatic rings. The molecule has 4 aromatic rings. The summed E-state index contributed by atoms with van der Waals surface area (Å²) in [5.41, 5.74) is 1.11. The van der Waals surface area contributed by atoms with E-state index < -0.39 is 0 Å². The Morgan fingerprint density at radius 3 is 1.71 bits per heavy atom. The molecule has 154 valence electrons. The van der Waals surface area contributed by atoms with E-state index in [1.165, 1.54) is 0 Å². The number of thiocarbonyl (C=S) groups is 1. The van der Waals surface area contributed by atoms with Crippen molar-refractivity contribution in [1.82, 2.24) is 15.3 Å². The quantitative estimate of drug-likeness (QED) is 0.374. The molecule has 0 saturated heterocycles. The second kappa shape index (κ2) is 10.2. The van der Waals surface area contributed by atoms with Gasteiger partial charge in [-0.15, -0.1) is 0 Å². The summed E-state index contributed by atoms with van der Waals surface area (Å²) < 4.78 is 11.7. The van der Waals surface area contributed by atoms with Crippen LogP contribution in [0.5, 0.6) is 23.3 Å². The van der Waals surface area contributed by atoms with E-state index in [0.29, 0.717) is 34.9 Å². The second-order valence-electron chi connectivity index (χ2n) is 6.49. The monoisotopic (exact) mass is 428 g/mol. The highest BCUT2D eigenvalue weighted by molar-refractivity contribution is 7.80. The maximum Gasteiger partial charge on any atom is 0.235 e. The molecule has 0 radical (unpaired) electrons. The number of rotatable bonds is 7. The third kappa shape index (κ3) is 6.25. The summed E-state index contributed by atoms with van der Waals surface area (Å²) in [6.07, 6.45) is 0. The van der Waals surface area contributed by atoms with Crippen molar-refractivity contribution in [1.29, 1.82) is 0 Å². The van der Waals surface area contributed by atoms with Crippen LogP contribution < -0.4 is 20.1 Å². The van der Waals surface area contributed by atoms with Gasteiger partial charge >= 0.3 is 0 Å². The number of hydrogen-bond donors (Lipinski definition) is 2. The van der Waals surface area contributed by atoms with Crippen LogP contribution in [0.2, 0.25) is 0 Å². The molecule has 7 heteroatoms. The molecule has 31 heavy (non-hydrogen) atoms. The van der Waals surface area contributed by atoms with Crippen LogP contribution in [0, 0.1) is 0 Å². The highest BCUT2D eigenvalue weighted by Gasteiger charge is 2.10. The van der Waals surface area contributed by atoms with E-state index in [1.807, 2.05) is 91.0 Å². The number of hydrogen-bond acceptors (Lipinski definition) is 5. The molecule has 6 nitrogen and oxygen atoms in total. The Balaban J connectivity index is 1.51. The zero-order valence-corrected chi connectivity index (χ0v) is 17.4. The van der Waals surface area contributed by atoms with Crippen molar-refractivity contribution in [3.05, 3.63) is 103 Å². The predicted molar refractivity (Wildman–Crippen MR) is 125 cm³/mol. The Morgan fingerprint density at radius 2 is 1.19 bits per heavy atom. The van der Waals surface area contributed by atoms with E-state index in [4.69, 9.17) is 21.7 Å². The van der Waals surface area contributed by atoms with Gasteiger partial charge in [0.25, 0.3) is 0 Å². The van der Waals surface area contributed by atoms with Crippen LogP contribution in [0.3, 0.4) is 0 Å². The lowest BCUT2D eigenvalue weighted by molar-refractivity contribution is 0.435. The largest absolute Gasteiger partial charge is 0.439 e. The van der Waals surface area contributed by atoms with E-state index in [9.17, 15) is 0 Å². The third-order valence-corrected chi connectivity index (χ3v) is 4.38. The van der Waals surface area contributed by atoms with Crippen molar-refractivity contribution in [2.24, 2.45) is 0 Å². The molecule has 1 aromatic heterocycles. The van der Waals surface area contributed by atoms with Crippen molar-refractivity contribution in [3.8, 4) is 23.3 Å². The van der Waals surface area contributed by atoms with Gasteiger partial charge in [0.2, 0.25) is 17.7 Å². The van der Waals surface area contributed by atoms with Gasteiger partial charge < -0.3 is 20.1 Å². The SMILES string of the molecule is S=C(NCc1ccccc1)Nc1nc(Oc2ccccc2)cc(Oc2ccccc2)n1. The van der Waals surface area contributed by atoms with Crippen LogP contribution in [-0.2, 0) is 6.54 Å². The Bertz CT molecular complexity index is 1070. The van der Waals surface area contributed by atoms with Crippen LogP contribution in [-0.4, -0.2) is 15.1 Å². The summed E-state index contributed by atoms with van der Waals surface area (Å²) in [5.74, 6) is 2.25. The van der Waals surface area contributed by atoms with Crippen LogP contribution >= 0.6 is 12.2 Å². The van der Waals surface area contributed by atoms with Gasteiger partial charge in [-0.3, -0.25) is 0 Å². The first-order chi connectivity index (χ1) is 15.2. The molecule has 0 bridgehead atoms. The number of ether oxygens (including phenoxy) is 2. The number of anilines is 1. The molecule has 3 aromatic carbocycles. The van der Waals surface area contributed by atoms with E-state index in [2.05, 4.69) is 20.6 Å². The minimum Gasteiger partial charge on any atom is -0.439 e. The highest BCUT2D eigenvalue weighted by atomic mass is 32.1. The van der Waals surface area contributed by atoms with Crippen LogP contribution in [0.15, 0.2) is 97.1 Å². The zero-order chi connectivity index (χ0) is 21.3. The average Bonchev–Trinajstić information content (AvgIpc) is 2.80. The van der Waals surface area contributed by atoms with Gasteiger partial charge in [0.15, 0.2) is 5.11 Å². The summed E-state index contributed by atoms with van der Waals surface area (Å²) in [5, 5.41) is 6.54. The van der Waals surface area contributed by atoms with E-state index >= 15 is 0 Å². The molecule has 0 amide bonds. The Hall–Kier alpha value is -3.97. The molecule has 0 aliphatic carbocycles. The summed E-state index contributed by atoms with van der Waals surface area (Å²) in [4.78, 5) is 8.83. The van der Waals surface area contributed by atoms with Crippen LogP contribution in [0.4, 0.5) is 5.95 Å². The summed E-state index contributed by atoms with van der Waals surface area (Å²) in [6, 6.07) is 30.4. The zero-order valence-electron chi connectivity index (χ0n) is 16.6. The number of nitrogens with one attached hydrogen (secondary N) is 2. The predicted octanol–water partition coefficient (Wildman–Crippen LogP) is 5.55. The van der Waals surface area contributed by atoms with Crippen molar-refractivity contribution < 1.29 is 9.47 Å². The minimum atomic E-state index is 0.268. The molecule has 0 unspecified atom stereocenters. The molecule has 0 spiro atoms. The molecule has 0 saturated carbocycles. The topological polar surface area (TPSA) is 68.3 Å². The Labute approximate surface area is 185 Å². The lowest BCUT2D eigenvalue weighted by Gasteiger charge is -2.13. The molecule has 0 aliphatic heterocycles. The lowest BCUT2D eigenvalue weighted by atomic mass is 10.2. The number of para-hydroxylation sites is 2. The standard InChI is InChI=1S/C24H20N4O2S/c31-24(25-17-18-10-4-1-5-11-18)28-23-26-21(29-19-12-6-2-7-13-19)16-22(27-23)30-20-14-8-3-9-15-20/h1-16H,17H2,(H2,25,26,27,28,31). The van der Waals surface area contributed by atoms with E-state index in [1.54, 1.807) is 6.07 Å². The summed E-state index contributed by atoms with van der Waals surface area (Å²) in [7, 11) is 0. The van der Waals surface area contributed by atoms with Gasteiger partial charge in [-0.1, -0.05) is 66.7 Å². The van der Waals surface area contributed by atoms with Gasteiger partial charge in [0.1, 0.15) is 11.5 Å². The second-order valence-corrected chi connectivity index (χ2v) is 6.90. The summed E-state index contributed by atoms with van der Waals surface area (Å²) in [6.45, 7) is 0.584. The van der Waals surface area contributed by atoms with Gasteiger partial charge in [0.05, 0.1) is 6.07 Å². The normalized spacial score (nSPS) is 10.2. The number of aromatic nitrogens is 2. The molecule has 0 atom stereocenters. The first-order valence-corrected chi connectivity index (χ1v) is 10.1. The first kappa shape index (κ1) is 20.3. The molecule has 4 rings (SSSR count). The molecular formula is C24H20N4O2S. The smallest absolute Gasteiger partial charge is 0.235 e. The molecule has 2 N–H and O–H groups in total. The molecule has 0 fully saturated rings. The number of nitrogens with zero attached hydrogens (tertiary/aromatic N) is 2. The van der Waals surface area contributed by atoms with E-state index in [0.717, 1.165) is 5.56 Å². The van der Waals surface area contributed by atoms with Crippen molar-refractivity contribution in [2.45, 2.75) is 6.54 Å². The fraction of sp³-hybridized carbons (Fsp3) is 0.0417. The highest BCUT2D eigenvalue weighted by Crippen LogP contribution is 2.27. The Morgan fingerprint density at radius 1 is 0.710 bits per heavy atom. The molecule has 1 heterocycles. The van der Waals surface area contributed by atoms with Crippen LogP contribution in [0.1, 0.15) is 5.56 Å². The van der Waals surface area contributed by atoms with Gasteiger partial charge in [0, 0.05) is 6.54 Å². The van der Waals surface area contributed by atoms with Gasteiger partial charge in [-0.25, -0.2) is 0 Å². The average molecular weight is 429 g/mol. The van der Waals surface area contributed by atoms with Crippen LogP contribution in [0.25, 0.3) is 0 Å². The van der Waals surface area contributed by atoms with Crippen molar-refractivity contribution >= 4 is 23.3 Å². The first-order valence-electron chi connectivity index (χ1n) is 9.68. The maximum absolute atomic E-state index is 5.87. The lowest BCUT2D eigenvalue weighted by Crippen LogP contribution is -2.28. The van der Waals surface area contributed by atoms with Gasteiger partial charge in [-0.05, 0) is 42.0 Å². The maximum atomic E-state index is 5.87. The minimum absolute atomic E-state index is 0.268. The fourth-order valence-electron chi connectivity index (χ4n) is 2.71. The van der Waals surface area contributed by atoms with Crippen molar-refractivity contribution in [2.75, 3.05) is 5.32 Å².